The van der Waals surface area contributed by atoms with E-state index in [0.29, 0.717) is 28.3 Å². The fourth-order valence-corrected chi connectivity index (χ4v) is 6.49. The van der Waals surface area contributed by atoms with E-state index in [1.165, 1.54) is 0 Å². The maximum Gasteiger partial charge on any atom is 0.265 e. The lowest BCUT2D eigenvalue weighted by atomic mass is 9.95. The average Bonchev–Trinajstić information content (AvgIpc) is 3.70. The summed E-state index contributed by atoms with van der Waals surface area (Å²) in [5.74, 6) is 0.548. The van der Waals surface area contributed by atoms with E-state index in [2.05, 4.69) is 39.6 Å². The van der Waals surface area contributed by atoms with Crippen LogP contribution in [0.25, 0.3) is 16.3 Å². The summed E-state index contributed by atoms with van der Waals surface area (Å²) in [5.41, 5.74) is 4.30. The van der Waals surface area contributed by atoms with Crippen LogP contribution in [0.2, 0.25) is 0 Å². The van der Waals surface area contributed by atoms with Gasteiger partial charge in [0.25, 0.3) is 10.0 Å². The van der Waals surface area contributed by atoms with Crippen LogP contribution in [0.3, 0.4) is 0 Å². The molecule has 2 N–H and O–H groups in total. The van der Waals surface area contributed by atoms with E-state index < -0.39 is 10.0 Å². The summed E-state index contributed by atoms with van der Waals surface area (Å²) >= 11 is 0.999. The predicted octanol–water partition coefficient (Wildman–Crippen LogP) is 6.17. The number of hydrogen-bond acceptors (Lipinski definition) is 8. The molecule has 6 aromatic rings. The molecule has 0 spiro atoms. The molecule has 2 heterocycles. The highest BCUT2D eigenvalue weighted by molar-refractivity contribution is 7.91. The normalized spacial score (nSPS) is 13.3. The van der Waals surface area contributed by atoms with Gasteiger partial charge < -0.3 is 9.47 Å². The first kappa shape index (κ1) is 29.4. The Hall–Kier alpha value is -4.68. The monoisotopic (exact) mass is 623 g/mol. The second-order valence-corrected chi connectivity index (χ2v) is 12.7. The molecule has 2 aromatic heterocycles. The fraction of sp³-hybridized carbons (Fsp3) is 0.121. The van der Waals surface area contributed by atoms with Gasteiger partial charge in [0.1, 0.15) is 30.2 Å². The fourth-order valence-electron chi connectivity index (χ4n) is 4.80. The molecule has 0 aliphatic carbocycles. The van der Waals surface area contributed by atoms with Crippen LogP contribution < -0.4 is 9.88 Å². The highest BCUT2D eigenvalue weighted by atomic mass is 32.2. The van der Waals surface area contributed by atoms with Crippen molar-refractivity contribution in [3.05, 3.63) is 144 Å². The van der Waals surface area contributed by atoms with E-state index in [9.17, 15) is 8.42 Å². The molecule has 0 aliphatic rings. The summed E-state index contributed by atoms with van der Waals surface area (Å²) < 4.78 is 38.3. The minimum absolute atomic E-state index is 0.134. The van der Waals surface area contributed by atoms with Gasteiger partial charge in [-0.3, -0.25) is 0 Å². The number of rotatable bonds is 12. The van der Waals surface area contributed by atoms with Crippen LogP contribution in [0, 0.1) is 0 Å². The Morgan fingerprint density at radius 1 is 0.886 bits per heavy atom. The lowest BCUT2D eigenvalue weighted by Gasteiger charge is -2.28. The van der Waals surface area contributed by atoms with Crippen molar-refractivity contribution < 1.29 is 17.9 Å². The van der Waals surface area contributed by atoms with Crippen molar-refractivity contribution in [3.8, 4) is 5.75 Å². The zero-order chi connectivity index (χ0) is 30.4. The number of benzene rings is 4. The molecule has 0 aliphatic heterocycles. The largest absolute Gasteiger partial charge is 0.487 e. The van der Waals surface area contributed by atoms with Crippen molar-refractivity contribution in [1.29, 1.82) is 0 Å². The molecule has 6 rings (SSSR count). The first-order valence-corrected chi connectivity index (χ1v) is 16.2. The third kappa shape index (κ3) is 7.09. The van der Waals surface area contributed by atoms with Crippen LogP contribution in [-0.4, -0.2) is 35.0 Å². The van der Waals surface area contributed by atoms with Crippen molar-refractivity contribution in [3.63, 3.8) is 0 Å². The standard InChI is InChI=1S/C33H29N5O4S2/c34-44(39,40)33-35-29-19-18-28(21-30(29)43-33)42-23-27-22-38(37-36-27)31(25-14-6-2-7-15-25)32(26-16-8-3-9-17-26)41-20-10-13-24-11-4-1-5-12-24/h1-19,21-22,31-32H,20,23H2,(H2,34,39,40)/t31-,32-/m0/s1. The average molecular weight is 624 g/mol. The lowest BCUT2D eigenvalue weighted by molar-refractivity contribution is 0.0403. The van der Waals surface area contributed by atoms with E-state index in [1.54, 1.807) is 18.2 Å². The van der Waals surface area contributed by atoms with E-state index in [-0.39, 0.29) is 23.1 Å². The first-order chi connectivity index (χ1) is 21.4. The molecular formula is C33H29N5O4S2. The van der Waals surface area contributed by atoms with Gasteiger partial charge in [-0.1, -0.05) is 108 Å². The number of aromatic nitrogens is 4. The van der Waals surface area contributed by atoms with Gasteiger partial charge in [0.05, 0.1) is 23.0 Å². The Balaban J connectivity index is 1.24. The van der Waals surface area contributed by atoms with E-state index in [0.717, 1.165) is 28.0 Å². The summed E-state index contributed by atoms with van der Waals surface area (Å²) in [4.78, 5) is 4.09. The van der Waals surface area contributed by atoms with Gasteiger partial charge in [0.2, 0.25) is 4.34 Å². The van der Waals surface area contributed by atoms with Gasteiger partial charge in [-0.05, 0) is 34.9 Å². The summed E-state index contributed by atoms with van der Waals surface area (Å²) in [6, 6.07) is 35.1. The molecule has 0 saturated heterocycles. The van der Waals surface area contributed by atoms with Gasteiger partial charge in [0.15, 0.2) is 0 Å². The first-order valence-electron chi connectivity index (χ1n) is 13.8. The third-order valence-corrected chi connectivity index (χ3v) is 9.19. The number of hydrogen-bond donors (Lipinski definition) is 1. The van der Waals surface area contributed by atoms with Crippen molar-refractivity contribution in [1.82, 2.24) is 20.0 Å². The summed E-state index contributed by atoms with van der Waals surface area (Å²) in [6.45, 7) is 0.556. The van der Waals surface area contributed by atoms with E-state index in [1.807, 2.05) is 89.8 Å². The predicted molar refractivity (Wildman–Crippen MR) is 171 cm³/mol. The molecule has 4 aromatic carbocycles. The number of sulfonamides is 1. The van der Waals surface area contributed by atoms with Crippen LogP contribution in [0.5, 0.6) is 5.75 Å². The second-order valence-electron chi connectivity index (χ2n) is 9.97. The number of nitrogens with two attached hydrogens (primary N) is 1. The quantitative estimate of drug-likeness (QED) is 0.173. The van der Waals surface area contributed by atoms with Gasteiger partial charge >= 0.3 is 0 Å². The zero-order valence-corrected chi connectivity index (χ0v) is 25.1. The van der Waals surface area contributed by atoms with Crippen LogP contribution in [-0.2, 0) is 21.4 Å². The molecule has 2 atom stereocenters. The Morgan fingerprint density at radius 3 is 2.27 bits per heavy atom. The minimum atomic E-state index is -3.88. The van der Waals surface area contributed by atoms with Crippen LogP contribution in [0.4, 0.5) is 0 Å². The Bertz CT molecular complexity index is 1960. The van der Waals surface area contributed by atoms with Crippen LogP contribution >= 0.6 is 11.3 Å². The number of primary sulfonamides is 1. The van der Waals surface area contributed by atoms with E-state index in [4.69, 9.17) is 14.6 Å². The molecular weight excluding hydrogens is 595 g/mol. The number of fused-ring (bicyclic) bond motifs is 1. The van der Waals surface area contributed by atoms with Crippen molar-refractivity contribution in [2.24, 2.45) is 5.14 Å². The van der Waals surface area contributed by atoms with Gasteiger partial charge in [-0.2, -0.15) is 0 Å². The Kier molecular flexibility index (Phi) is 8.89. The Labute approximate surface area is 259 Å². The smallest absolute Gasteiger partial charge is 0.265 e. The van der Waals surface area contributed by atoms with Crippen LogP contribution in [0.1, 0.15) is 34.5 Å². The maximum absolute atomic E-state index is 11.7. The molecule has 0 bridgehead atoms. The Morgan fingerprint density at radius 2 is 1.57 bits per heavy atom. The van der Waals surface area contributed by atoms with Gasteiger partial charge in [0, 0.05) is 0 Å². The van der Waals surface area contributed by atoms with Crippen molar-refractivity contribution >= 4 is 37.7 Å². The molecule has 222 valence electrons. The molecule has 0 saturated carbocycles. The minimum Gasteiger partial charge on any atom is -0.487 e. The second kappa shape index (κ2) is 13.3. The summed E-state index contributed by atoms with van der Waals surface area (Å²) in [5, 5.41) is 14.1. The number of nitrogens with zero attached hydrogens (tertiary/aromatic N) is 4. The molecule has 11 heteroatoms. The highest BCUT2D eigenvalue weighted by Gasteiger charge is 2.28. The number of ether oxygens (including phenoxy) is 2. The molecule has 9 nitrogen and oxygen atoms in total. The van der Waals surface area contributed by atoms with Crippen LogP contribution in [0.15, 0.2) is 126 Å². The van der Waals surface area contributed by atoms with Crippen molar-refractivity contribution in [2.45, 2.75) is 23.1 Å². The topological polar surface area (TPSA) is 122 Å². The molecule has 0 radical (unpaired) electrons. The number of thiazole rings is 1. The SMILES string of the molecule is NS(=O)(=O)c1nc2ccc(OCc3cn([C@@H](c4ccccc4)[C@@H](OCC=Cc4ccccc4)c4ccccc4)nn3)cc2s1. The maximum atomic E-state index is 11.7. The third-order valence-electron chi connectivity index (χ3n) is 6.85. The summed E-state index contributed by atoms with van der Waals surface area (Å²) in [6.07, 6.45) is 5.56. The zero-order valence-electron chi connectivity index (χ0n) is 23.5. The lowest BCUT2D eigenvalue weighted by Crippen LogP contribution is -2.22. The van der Waals surface area contributed by atoms with Crippen molar-refractivity contribution in [2.75, 3.05) is 6.61 Å². The van der Waals surface area contributed by atoms with Gasteiger partial charge in [-0.15, -0.1) is 16.4 Å². The molecule has 0 amide bonds. The molecule has 0 fully saturated rings. The summed E-state index contributed by atoms with van der Waals surface area (Å²) in [7, 11) is -3.88. The van der Waals surface area contributed by atoms with E-state index >= 15 is 0 Å². The highest BCUT2D eigenvalue weighted by Crippen LogP contribution is 2.35. The van der Waals surface area contributed by atoms with Gasteiger partial charge in [-0.25, -0.2) is 23.2 Å². The molecule has 44 heavy (non-hydrogen) atoms. The molecule has 0 unspecified atom stereocenters.